The van der Waals surface area contributed by atoms with E-state index in [1.807, 2.05) is 32.2 Å². The second-order valence-corrected chi connectivity index (χ2v) is 6.96. The normalized spacial score (nSPS) is 10.7. The van der Waals surface area contributed by atoms with Gasteiger partial charge < -0.3 is 15.0 Å². The number of rotatable bonds is 8. The number of aryl methyl sites for hydroxylation is 1. The van der Waals surface area contributed by atoms with Crippen LogP contribution in [0.25, 0.3) is 6.08 Å². The van der Waals surface area contributed by atoms with Gasteiger partial charge >= 0.3 is 5.97 Å². The van der Waals surface area contributed by atoms with Crippen molar-refractivity contribution < 1.29 is 19.1 Å². The monoisotopic (exact) mass is 400 g/mol. The highest BCUT2D eigenvalue weighted by Gasteiger charge is 2.13. The Kier molecular flexibility index (Phi) is 7.95. The maximum atomic E-state index is 12.4. The third-order valence-corrected chi connectivity index (χ3v) is 5.05. The van der Waals surface area contributed by atoms with Crippen molar-refractivity contribution in [2.24, 2.45) is 0 Å². The highest BCUT2D eigenvalue weighted by Crippen LogP contribution is 2.17. The molecule has 0 saturated heterocycles. The van der Waals surface area contributed by atoms with E-state index in [9.17, 15) is 14.4 Å². The van der Waals surface area contributed by atoms with E-state index in [0.717, 1.165) is 10.4 Å². The van der Waals surface area contributed by atoms with Gasteiger partial charge in [-0.3, -0.25) is 9.59 Å². The highest BCUT2D eigenvalue weighted by atomic mass is 32.1. The molecule has 2 amide bonds. The molecule has 2 rings (SSSR count). The smallest absolute Gasteiger partial charge is 0.331 e. The molecule has 0 aliphatic rings. The minimum atomic E-state index is -0.589. The molecular formula is C21H24N2O4S. The van der Waals surface area contributed by atoms with Crippen molar-refractivity contribution in [3.05, 3.63) is 57.8 Å². The topological polar surface area (TPSA) is 75.7 Å². The van der Waals surface area contributed by atoms with Crippen LogP contribution in [0.4, 0.5) is 5.69 Å². The number of benzene rings is 1. The van der Waals surface area contributed by atoms with Crippen LogP contribution in [-0.2, 0) is 14.3 Å². The lowest BCUT2D eigenvalue weighted by Gasteiger charge is -2.19. The van der Waals surface area contributed by atoms with Crippen LogP contribution in [0.1, 0.15) is 34.6 Å². The summed E-state index contributed by atoms with van der Waals surface area (Å²) in [7, 11) is 0. The van der Waals surface area contributed by atoms with Gasteiger partial charge in [-0.15, -0.1) is 11.3 Å². The van der Waals surface area contributed by atoms with Crippen LogP contribution >= 0.6 is 11.3 Å². The summed E-state index contributed by atoms with van der Waals surface area (Å²) in [5, 5.41) is 4.57. The zero-order valence-electron chi connectivity index (χ0n) is 16.2. The van der Waals surface area contributed by atoms with Gasteiger partial charge in [0.1, 0.15) is 0 Å². The van der Waals surface area contributed by atoms with Gasteiger partial charge in [0.25, 0.3) is 11.8 Å². The molecule has 0 aliphatic heterocycles. The highest BCUT2D eigenvalue weighted by molar-refractivity contribution is 7.11. The molecule has 1 heterocycles. The molecular weight excluding hydrogens is 376 g/mol. The third kappa shape index (κ3) is 6.06. The van der Waals surface area contributed by atoms with Crippen LogP contribution in [-0.4, -0.2) is 42.4 Å². The van der Waals surface area contributed by atoms with E-state index in [1.54, 1.807) is 35.2 Å². The Morgan fingerprint density at radius 3 is 2.57 bits per heavy atom. The minimum Gasteiger partial charge on any atom is -0.452 e. The predicted molar refractivity (Wildman–Crippen MR) is 111 cm³/mol. The van der Waals surface area contributed by atoms with Gasteiger partial charge in [0.2, 0.25) is 0 Å². The number of hydrogen-bond donors (Lipinski definition) is 1. The zero-order valence-corrected chi connectivity index (χ0v) is 17.0. The Bertz CT molecular complexity index is 869. The number of thiophene rings is 1. The van der Waals surface area contributed by atoms with Gasteiger partial charge in [0.15, 0.2) is 6.61 Å². The van der Waals surface area contributed by atoms with Crippen molar-refractivity contribution in [3.8, 4) is 0 Å². The first-order valence-corrected chi connectivity index (χ1v) is 9.90. The van der Waals surface area contributed by atoms with Crippen molar-refractivity contribution in [1.29, 1.82) is 0 Å². The summed E-state index contributed by atoms with van der Waals surface area (Å²) in [4.78, 5) is 38.8. The molecule has 6 nitrogen and oxygen atoms in total. The minimum absolute atomic E-state index is 0.0958. The summed E-state index contributed by atoms with van der Waals surface area (Å²) in [6, 6.07) is 8.65. The molecule has 0 bridgehead atoms. The Hall–Kier alpha value is -2.93. The number of hydrogen-bond acceptors (Lipinski definition) is 5. The molecule has 0 radical (unpaired) electrons. The molecule has 0 fully saturated rings. The molecule has 0 saturated carbocycles. The average Bonchev–Trinajstić information content (AvgIpc) is 3.10. The zero-order chi connectivity index (χ0) is 20.5. The Morgan fingerprint density at radius 2 is 1.93 bits per heavy atom. The first-order chi connectivity index (χ1) is 13.4. The molecule has 1 aromatic heterocycles. The maximum absolute atomic E-state index is 12.4. The molecule has 148 valence electrons. The lowest BCUT2D eigenvalue weighted by Crippen LogP contribution is -2.30. The fraction of sp³-hybridized carbons (Fsp3) is 0.286. The number of ether oxygens (including phenoxy) is 1. The predicted octanol–water partition coefficient (Wildman–Crippen LogP) is 3.73. The van der Waals surface area contributed by atoms with E-state index in [4.69, 9.17) is 4.74 Å². The van der Waals surface area contributed by atoms with E-state index in [0.29, 0.717) is 24.3 Å². The maximum Gasteiger partial charge on any atom is 0.331 e. The van der Waals surface area contributed by atoms with Crippen LogP contribution in [0.3, 0.4) is 0 Å². The first kappa shape index (κ1) is 21.4. The summed E-state index contributed by atoms with van der Waals surface area (Å²) in [6.07, 6.45) is 2.97. The van der Waals surface area contributed by atoms with E-state index in [-0.39, 0.29) is 5.91 Å². The summed E-state index contributed by atoms with van der Waals surface area (Å²) < 4.78 is 4.96. The molecule has 0 unspecified atom stereocenters. The molecule has 28 heavy (non-hydrogen) atoms. The van der Waals surface area contributed by atoms with E-state index >= 15 is 0 Å². The molecule has 1 N–H and O–H groups in total. The lowest BCUT2D eigenvalue weighted by molar-refractivity contribution is -0.142. The van der Waals surface area contributed by atoms with Crippen molar-refractivity contribution in [3.63, 3.8) is 0 Å². The largest absolute Gasteiger partial charge is 0.452 e. The summed E-state index contributed by atoms with van der Waals surface area (Å²) in [6.45, 7) is 6.60. The first-order valence-electron chi connectivity index (χ1n) is 9.02. The number of carbonyl (C=O) groups is 3. The van der Waals surface area contributed by atoms with E-state index in [2.05, 4.69) is 5.32 Å². The molecule has 0 spiro atoms. The van der Waals surface area contributed by atoms with Crippen molar-refractivity contribution in [2.75, 3.05) is 25.0 Å². The standard InChI is InChI=1S/C21H24N2O4S/c1-4-23(5-2)21(26)16-7-6-8-17(13-16)22-19(24)14-27-20(25)10-9-18-15(3)11-12-28-18/h6-13H,4-5,14H2,1-3H3,(H,22,24)/b10-9+. The molecule has 0 atom stereocenters. The fourth-order valence-electron chi connectivity index (χ4n) is 2.50. The number of nitrogens with one attached hydrogen (secondary N) is 1. The second kappa shape index (κ2) is 10.4. The van der Waals surface area contributed by atoms with E-state index < -0.39 is 18.5 Å². The Morgan fingerprint density at radius 1 is 1.18 bits per heavy atom. The van der Waals surface area contributed by atoms with Gasteiger partial charge in [-0.2, -0.15) is 0 Å². The third-order valence-electron chi connectivity index (χ3n) is 4.06. The van der Waals surface area contributed by atoms with Gasteiger partial charge in [-0.1, -0.05) is 6.07 Å². The molecule has 1 aromatic carbocycles. The molecule has 7 heteroatoms. The fourth-order valence-corrected chi connectivity index (χ4v) is 3.32. The number of anilines is 1. The van der Waals surface area contributed by atoms with E-state index in [1.165, 1.54) is 17.4 Å². The number of esters is 1. The summed E-state index contributed by atoms with van der Waals surface area (Å²) in [5.74, 6) is -1.16. The van der Waals surface area contributed by atoms with Crippen molar-refractivity contribution >= 4 is 40.9 Å². The van der Waals surface area contributed by atoms with Gasteiger partial charge in [0, 0.05) is 35.3 Å². The lowest BCUT2D eigenvalue weighted by atomic mass is 10.1. The summed E-state index contributed by atoms with van der Waals surface area (Å²) >= 11 is 1.52. The van der Waals surface area contributed by atoms with Gasteiger partial charge in [-0.25, -0.2) is 4.79 Å². The number of nitrogens with zero attached hydrogens (tertiary/aromatic N) is 1. The van der Waals surface area contributed by atoms with Gasteiger partial charge in [0.05, 0.1) is 0 Å². The van der Waals surface area contributed by atoms with Crippen LogP contribution < -0.4 is 5.32 Å². The summed E-state index contributed by atoms with van der Waals surface area (Å²) in [5.41, 5.74) is 2.04. The second-order valence-electron chi connectivity index (χ2n) is 6.02. The van der Waals surface area contributed by atoms with Gasteiger partial charge in [-0.05, 0) is 62.1 Å². The average molecular weight is 401 g/mol. The number of amides is 2. The quantitative estimate of drug-likeness (QED) is 0.541. The Balaban J connectivity index is 1.88. The van der Waals surface area contributed by atoms with Crippen LogP contribution in [0.2, 0.25) is 0 Å². The van der Waals surface area contributed by atoms with Crippen LogP contribution in [0.5, 0.6) is 0 Å². The Labute approximate surface area is 168 Å². The van der Waals surface area contributed by atoms with Crippen molar-refractivity contribution in [1.82, 2.24) is 4.90 Å². The SMILES string of the molecule is CCN(CC)C(=O)c1cccc(NC(=O)COC(=O)/C=C/c2sccc2C)c1. The van der Waals surface area contributed by atoms with Crippen molar-refractivity contribution in [2.45, 2.75) is 20.8 Å². The number of carbonyl (C=O) groups excluding carboxylic acids is 3. The molecule has 2 aromatic rings. The molecule has 0 aliphatic carbocycles. The van der Waals surface area contributed by atoms with Crippen LogP contribution in [0.15, 0.2) is 41.8 Å². The van der Waals surface area contributed by atoms with Crippen LogP contribution in [0, 0.1) is 6.92 Å².